The molecular weight excluding hydrogens is 285 g/mol. The van der Waals surface area contributed by atoms with Gasteiger partial charge in [0.05, 0.1) is 15.4 Å². The van der Waals surface area contributed by atoms with Gasteiger partial charge in [0, 0.05) is 0 Å². The molecule has 0 spiro atoms. The van der Waals surface area contributed by atoms with Gasteiger partial charge < -0.3 is 0 Å². The van der Waals surface area contributed by atoms with Crippen molar-refractivity contribution < 1.29 is 12.8 Å². The van der Waals surface area contributed by atoms with Crippen molar-refractivity contribution in [1.82, 2.24) is 0 Å². The van der Waals surface area contributed by atoms with Gasteiger partial charge in [0.15, 0.2) is 0 Å². The van der Waals surface area contributed by atoms with Crippen molar-refractivity contribution in [3.63, 3.8) is 0 Å². The maximum atomic E-state index is 13.1. The highest BCUT2D eigenvalue weighted by Crippen LogP contribution is 2.26. The zero-order valence-electron chi connectivity index (χ0n) is 8.29. The molecular formula is C9H11BrFNO2S. The van der Waals surface area contributed by atoms with E-state index in [1.54, 1.807) is 13.8 Å². The number of sulfonamides is 1. The van der Waals surface area contributed by atoms with Gasteiger partial charge in [-0.3, -0.25) is 4.72 Å². The van der Waals surface area contributed by atoms with Crippen molar-refractivity contribution in [3.8, 4) is 0 Å². The third-order valence-corrected chi connectivity index (χ3v) is 4.38. The summed E-state index contributed by atoms with van der Waals surface area (Å²) in [6, 6.07) is 4.18. The lowest BCUT2D eigenvalue weighted by atomic mass is 10.3. The molecule has 0 heterocycles. The van der Waals surface area contributed by atoms with Crippen LogP contribution in [0.3, 0.4) is 0 Å². The first kappa shape index (κ1) is 12.4. The van der Waals surface area contributed by atoms with E-state index in [-0.39, 0.29) is 10.2 Å². The maximum absolute atomic E-state index is 13.1. The lowest BCUT2D eigenvalue weighted by molar-refractivity contribution is 0.592. The summed E-state index contributed by atoms with van der Waals surface area (Å²) in [5.41, 5.74) is 0.212. The van der Waals surface area contributed by atoms with Crippen molar-refractivity contribution in [2.24, 2.45) is 0 Å². The topological polar surface area (TPSA) is 46.2 Å². The molecule has 1 aromatic carbocycles. The van der Waals surface area contributed by atoms with E-state index in [1.807, 2.05) is 0 Å². The number of halogens is 2. The van der Waals surface area contributed by atoms with E-state index in [9.17, 15) is 12.8 Å². The van der Waals surface area contributed by atoms with E-state index < -0.39 is 21.1 Å². The first-order valence-corrected chi connectivity index (χ1v) is 6.64. The van der Waals surface area contributed by atoms with Crippen molar-refractivity contribution in [3.05, 3.63) is 28.5 Å². The molecule has 15 heavy (non-hydrogen) atoms. The van der Waals surface area contributed by atoms with Crippen LogP contribution in [-0.2, 0) is 10.0 Å². The Labute approximate surface area is 96.9 Å². The fourth-order valence-corrected chi connectivity index (χ4v) is 2.06. The van der Waals surface area contributed by atoms with E-state index in [4.69, 9.17) is 0 Å². The molecule has 0 atom stereocenters. The minimum Gasteiger partial charge on any atom is -0.282 e. The van der Waals surface area contributed by atoms with Gasteiger partial charge in [-0.25, -0.2) is 12.8 Å². The molecule has 0 radical (unpaired) electrons. The van der Waals surface area contributed by atoms with E-state index in [0.29, 0.717) is 0 Å². The van der Waals surface area contributed by atoms with Crippen LogP contribution in [0.5, 0.6) is 0 Å². The molecule has 0 amide bonds. The second kappa shape index (κ2) is 4.49. The highest BCUT2D eigenvalue weighted by atomic mass is 79.9. The summed E-state index contributed by atoms with van der Waals surface area (Å²) in [5.74, 6) is -0.501. The largest absolute Gasteiger partial charge is 0.282 e. The van der Waals surface area contributed by atoms with Gasteiger partial charge in [-0.2, -0.15) is 0 Å². The fraction of sp³-hybridized carbons (Fsp3) is 0.333. The smallest absolute Gasteiger partial charge is 0.235 e. The SMILES string of the molecule is CC(C)S(=O)(=O)Nc1cccc(F)c1Br. The van der Waals surface area contributed by atoms with Crippen LogP contribution >= 0.6 is 15.9 Å². The van der Waals surface area contributed by atoms with Crippen LogP contribution < -0.4 is 4.72 Å². The summed E-state index contributed by atoms with van der Waals surface area (Å²) in [4.78, 5) is 0. The summed E-state index contributed by atoms with van der Waals surface area (Å²) >= 11 is 2.98. The standard InChI is InChI=1S/C9H11BrFNO2S/c1-6(2)15(13,14)12-8-5-3-4-7(11)9(8)10/h3-6,12H,1-2H3. The van der Waals surface area contributed by atoms with Crippen LogP contribution in [-0.4, -0.2) is 13.7 Å². The molecule has 0 aliphatic rings. The summed E-state index contributed by atoms with van der Waals surface area (Å²) in [7, 11) is -3.44. The number of nitrogens with one attached hydrogen (secondary N) is 1. The maximum Gasteiger partial charge on any atom is 0.235 e. The van der Waals surface area contributed by atoms with Gasteiger partial charge in [-0.1, -0.05) is 6.07 Å². The molecule has 0 aromatic heterocycles. The normalized spacial score (nSPS) is 11.8. The van der Waals surface area contributed by atoms with E-state index >= 15 is 0 Å². The predicted octanol–water partition coefficient (Wildman–Crippen LogP) is 2.74. The van der Waals surface area contributed by atoms with Gasteiger partial charge in [0.25, 0.3) is 0 Å². The van der Waals surface area contributed by atoms with Gasteiger partial charge >= 0.3 is 0 Å². The fourth-order valence-electron chi connectivity index (χ4n) is 0.854. The molecule has 1 N–H and O–H groups in total. The van der Waals surface area contributed by atoms with Crippen molar-refractivity contribution >= 4 is 31.6 Å². The Morgan fingerprint density at radius 2 is 2.00 bits per heavy atom. The molecule has 0 aliphatic heterocycles. The average Bonchev–Trinajstić information content (AvgIpc) is 2.12. The zero-order chi connectivity index (χ0) is 11.6. The summed E-state index contributed by atoms with van der Waals surface area (Å²) in [6.45, 7) is 3.10. The summed E-state index contributed by atoms with van der Waals surface area (Å²) in [6.07, 6.45) is 0. The lowest BCUT2D eigenvalue weighted by Gasteiger charge is -2.12. The Bertz CT molecular complexity index is 459. The third kappa shape index (κ3) is 2.92. The highest BCUT2D eigenvalue weighted by Gasteiger charge is 2.17. The Morgan fingerprint density at radius 3 is 2.53 bits per heavy atom. The quantitative estimate of drug-likeness (QED) is 0.932. The minimum absolute atomic E-state index is 0.120. The molecule has 0 fully saturated rings. The second-order valence-corrected chi connectivity index (χ2v) is 6.33. The van der Waals surface area contributed by atoms with Gasteiger partial charge in [-0.15, -0.1) is 0 Å². The predicted molar refractivity (Wildman–Crippen MR) is 61.8 cm³/mol. The van der Waals surface area contributed by atoms with Gasteiger partial charge in [0.1, 0.15) is 5.82 Å². The van der Waals surface area contributed by atoms with Gasteiger partial charge in [0.2, 0.25) is 10.0 Å². The Hall–Kier alpha value is -0.620. The summed E-state index contributed by atoms with van der Waals surface area (Å²) < 4.78 is 38.5. The Kier molecular flexibility index (Phi) is 3.72. The van der Waals surface area contributed by atoms with Crippen LogP contribution in [0.4, 0.5) is 10.1 Å². The van der Waals surface area contributed by atoms with Crippen LogP contribution in [0.2, 0.25) is 0 Å². The first-order chi connectivity index (χ1) is 6.84. The van der Waals surface area contributed by atoms with Crippen molar-refractivity contribution in [2.75, 3.05) is 4.72 Å². The van der Waals surface area contributed by atoms with E-state index in [2.05, 4.69) is 20.7 Å². The van der Waals surface area contributed by atoms with E-state index in [1.165, 1.54) is 18.2 Å². The number of anilines is 1. The molecule has 84 valence electrons. The second-order valence-electron chi connectivity index (χ2n) is 3.30. The molecule has 3 nitrogen and oxygen atoms in total. The lowest BCUT2D eigenvalue weighted by Crippen LogP contribution is -2.22. The molecule has 0 unspecified atom stereocenters. The number of rotatable bonds is 3. The average molecular weight is 296 g/mol. The highest BCUT2D eigenvalue weighted by molar-refractivity contribution is 9.10. The molecule has 0 aliphatic carbocycles. The molecule has 1 rings (SSSR count). The zero-order valence-corrected chi connectivity index (χ0v) is 10.7. The molecule has 1 aromatic rings. The van der Waals surface area contributed by atoms with Crippen LogP contribution in [0.1, 0.15) is 13.8 Å². The van der Waals surface area contributed by atoms with Crippen LogP contribution in [0.25, 0.3) is 0 Å². The van der Waals surface area contributed by atoms with Crippen LogP contribution in [0.15, 0.2) is 22.7 Å². The third-order valence-electron chi connectivity index (χ3n) is 1.82. The Balaban J connectivity index is 3.06. The van der Waals surface area contributed by atoms with Crippen molar-refractivity contribution in [1.29, 1.82) is 0 Å². The van der Waals surface area contributed by atoms with Gasteiger partial charge in [-0.05, 0) is 41.9 Å². The molecule has 6 heteroatoms. The summed E-state index contributed by atoms with van der Waals surface area (Å²) in [5, 5.41) is -0.562. The first-order valence-electron chi connectivity index (χ1n) is 4.30. The molecule has 0 saturated heterocycles. The van der Waals surface area contributed by atoms with E-state index in [0.717, 1.165) is 0 Å². The Morgan fingerprint density at radius 1 is 1.40 bits per heavy atom. The van der Waals surface area contributed by atoms with Crippen LogP contribution in [0, 0.1) is 5.82 Å². The molecule has 0 saturated carbocycles. The van der Waals surface area contributed by atoms with Crippen molar-refractivity contribution in [2.45, 2.75) is 19.1 Å². The number of hydrogen-bond donors (Lipinski definition) is 1. The number of benzene rings is 1. The monoisotopic (exact) mass is 295 g/mol. The number of hydrogen-bond acceptors (Lipinski definition) is 2. The molecule has 0 bridgehead atoms. The minimum atomic E-state index is -3.44.